The van der Waals surface area contributed by atoms with Crippen LogP contribution in [0.15, 0.2) is 12.1 Å². The first kappa shape index (κ1) is 17.2. The highest BCUT2D eigenvalue weighted by Gasteiger charge is 2.20. The van der Waals surface area contributed by atoms with Gasteiger partial charge in [-0.3, -0.25) is 4.79 Å². The molecule has 0 spiro atoms. The number of methoxy groups -OCH3 is 2. The molecule has 0 saturated heterocycles. The normalized spacial score (nSPS) is 10.5. The van der Waals surface area contributed by atoms with Gasteiger partial charge in [0.05, 0.1) is 36.9 Å². The number of esters is 1. The van der Waals surface area contributed by atoms with E-state index in [9.17, 15) is 9.18 Å². The maximum atomic E-state index is 14.5. The van der Waals surface area contributed by atoms with Gasteiger partial charge in [-0.15, -0.1) is 0 Å². The average Bonchev–Trinajstić information content (AvgIpc) is 2.52. The van der Waals surface area contributed by atoms with Gasteiger partial charge in [-0.05, 0) is 12.1 Å². The summed E-state index contributed by atoms with van der Waals surface area (Å²) in [6.45, 7) is 0. The summed E-state index contributed by atoms with van der Waals surface area (Å²) in [6, 6.07) is 2.82. The Morgan fingerprint density at radius 1 is 1.30 bits per heavy atom. The molecule has 0 radical (unpaired) electrons. The van der Waals surface area contributed by atoms with Crippen LogP contribution in [0.1, 0.15) is 5.69 Å². The number of benzene rings is 1. The molecule has 2 rings (SSSR count). The molecule has 6 nitrogen and oxygen atoms in total. The SMILES string of the molecule is COC(=O)Cc1nc(-c2ccc(Cl)c(OC)c2F)nc(N)c1Cl. The molecule has 2 aromatic rings. The molecule has 2 N–H and O–H groups in total. The van der Waals surface area contributed by atoms with E-state index in [0.29, 0.717) is 0 Å². The molecule has 23 heavy (non-hydrogen) atoms. The summed E-state index contributed by atoms with van der Waals surface area (Å²) in [5.41, 5.74) is 5.86. The van der Waals surface area contributed by atoms with Crippen molar-refractivity contribution < 1.29 is 18.7 Å². The molecule has 122 valence electrons. The number of rotatable bonds is 4. The van der Waals surface area contributed by atoms with Crippen molar-refractivity contribution in [1.29, 1.82) is 0 Å². The highest BCUT2D eigenvalue weighted by Crippen LogP contribution is 2.34. The van der Waals surface area contributed by atoms with Gasteiger partial charge < -0.3 is 15.2 Å². The van der Waals surface area contributed by atoms with Crippen LogP contribution in [0.2, 0.25) is 10.0 Å². The van der Waals surface area contributed by atoms with Gasteiger partial charge in [0.2, 0.25) is 0 Å². The van der Waals surface area contributed by atoms with E-state index in [1.165, 1.54) is 26.4 Å². The first-order valence-corrected chi connectivity index (χ1v) is 7.05. The summed E-state index contributed by atoms with van der Waals surface area (Å²) in [5.74, 6) is -1.58. The molecule has 1 aromatic carbocycles. The Labute approximate surface area is 141 Å². The Morgan fingerprint density at radius 3 is 2.61 bits per heavy atom. The topological polar surface area (TPSA) is 87.3 Å². The molecular formula is C14H12Cl2FN3O3. The fourth-order valence-corrected chi connectivity index (χ4v) is 2.23. The molecule has 0 aliphatic rings. The molecule has 0 fully saturated rings. The van der Waals surface area contributed by atoms with Crippen LogP contribution in [0.5, 0.6) is 5.75 Å². The van der Waals surface area contributed by atoms with Crippen molar-refractivity contribution in [2.75, 3.05) is 20.0 Å². The van der Waals surface area contributed by atoms with Crippen LogP contribution in [0, 0.1) is 5.82 Å². The largest absolute Gasteiger partial charge is 0.492 e. The van der Waals surface area contributed by atoms with Gasteiger partial charge in [-0.2, -0.15) is 0 Å². The van der Waals surface area contributed by atoms with Gasteiger partial charge in [0.1, 0.15) is 10.8 Å². The number of aromatic nitrogens is 2. The maximum absolute atomic E-state index is 14.5. The second-order valence-electron chi connectivity index (χ2n) is 4.39. The van der Waals surface area contributed by atoms with Crippen LogP contribution >= 0.6 is 23.2 Å². The number of anilines is 1. The van der Waals surface area contributed by atoms with Crippen LogP contribution in [0.3, 0.4) is 0 Å². The van der Waals surface area contributed by atoms with Crippen LogP contribution < -0.4 is 10.5 Å². The lowest BCUT2D eigenvalue weighted by Gasteiger charge is -2.11. The van der Waals surface area contributed by atoms with Gasteiger partial charge >= 0.3 is 5.97 Å². The number of carbonyl (C=O) groups excluding carboxylic acids is 1. The number of hydrogen-bond acceptors (Lipinski definition) is 6. The molecule has 9 heteroatoms. The van der Waals surface area contributed by atoms with E-state index >= 15 is 0 Å². The van der Waals surface area contributed by atoms with E-state index in [0.717, 1.165) is 0 Å². The third kappa shape index (κ3) is 3.46. The van der Waals surface area contributed by atoms with Crippen molar-refractivity contribution >= 4 is 35.0 Å². The summed E-state index contributed by atoms with van der Waals surface area (Å²) in [4.78, 5) is 19.5. The Bertz CT molecular complexity index is 771. The Morgan fingerprint density at radius 2 is 2.00 bits per heavy atom. The molecule has 0 aliphatic carbocycles. The first-order valence-electron chi connectivity index (χ1n) is 6.30. The zero-order valence-corrected chi connectivity index (χ0v) is 13.7. The van der Waals surface area contributed by atoms with Crippen LogP contribution in [-0.4, -0.2) is 30.2 Å². The second kappa shape index (κ2) is 6.97. The number of nitrogens with two attached hydrogens (primary N) is 1. The highest BCUT2D eigenvalue weighted by molar-refractivity contribution is 6.33. The average molecular weight is 360 g/mol. The summed E-state index contributed by atoms with van der Waals surface area (Å²) < 4.78 is 23.9. The zero-order valence-electron chi connectivity index (χ0n) is 12.2. The van der Waals surface area contributed by atoms with E-state index in [1.807, 2.05) is 0 Å². The third-order valence-electron chi connectivity index (χ3n) is 2.98. The fourth-order valence-electron chi connectivity index (χ4n) is 1.85. The lowest BCUT2D eigenvalue weighted by Crippen LogP contribution is -2.10. The van der Waals surface area contributed by atoms with Crippen molar-refractivity contribution in [2.24, 2.45) is 0 Å². The van der Waals surface area contributed by atoms with Gasteiger partial charge in [0, 0.05) is 0 Å². The van der Waals surface area contributed by atoms with E-state index in [1.54, 1.807) is 0 Å². The number of hydrogen-bond donors (Lipinski definition) is 1. The Balaban J connectivity index is 2.59. The molecule has 0 bridgehead atoms. The lowest BCUT2D eigenvalue weighted by molar-refractivity contribution is -0.139. The van der Waals surface area contributed by atoms with Crippen molar-refractivity contribution in [3.63, 3.8) is 0 Å². The molecule has 0 amide bonds. The van der Waals surface area contributed by atoms with Crippen LogP contribution in [0.4, 0.5) is 10.2 Å². The van der Waals surface area contributed by atoms with Crippen molar-refractivity contribution in [1.82, 2.24) is 9.97 Å². The second-order valence-corrected chi connectivity index (χ2v) is 5.17. The minimum Gasteiger partial charge on any atom is -0.492 e. The van der Waals surface area contributed by atoms with Crippen molar-refractivity contribution in [3.8, 4) is 17.1 Å². The first-order chi connectivity index (χ1) is 10.9. The van der Waals surface area contributed by atoms with Crippen molar-refractivity contribution in [2.45, 2.75) is 6.42 Å². The Kier molecular flexibility index (Phi) is 5.23. The summed E-state index contributed by atoms with van der Waals surface area (Å²) >= 11 is 11.8. The molecule has 1 aromatic heterocycles. The standard InChI is InChI=1S/C14H12Cl2FN3O3/c1-22-9(21)5-8-10(16)13(18)20-14(19-8)6-3-4-7(15)12(23-2)11(6)17/h3-4H,5H2,1-2H3,(H2,18,19,20). The quantitative estimate of drug-likeness (QED) is 0.844. The van der Waals surface area contributed by atoms with Crippen LogP contribution in [0.25, 0.3) is 11.4 Å². The summed E-state index contributed by atoms with van der Waals surface area (Å²) in [7, 11) is 2.51. The molecule has 0 atom stereocenters. The molecule has 0 aliphatic heterocycles. The lowest BCUT2D eigenvalue weighted by atomic mass is 10.1. The molecule has 0 unspecified atom stereocenters. The van der Waals surface area contributed by atoms with Crippen LogP contribution in [-0.2, 0) is 16.0 Å². The fraction of sp³-hybridized carbons (Fsp3) is 0.214. The number of ether oxygens (including phenoxy) is 2. The van der Waals surface area contributed by atoms with Crippen molar-refractivity contribution in [3.05, 3.63) is 33.7 Å². The third-order valence-corrected chi connectivity index (χ3v) is 3.69. The zero-order chi connectivity index (χ0) is 17.1. The Hall–Kier alpha value is -2.12. The smallest absolute Gasteiger partial charge is 0.311 e. The van der Waals surface area contributed by atoms with E-state index in [4.69, 9.17) is 33.7 Å². The predicted octanol–water partition coefficient (Wildman–Crippen LogP) is 2.90. The van der Waals surface area contributed by atoms with E-state index < -0.39 is 11.8 Å². The van der Waals surface area contributed by atoms with Gasteiger partial charge in [-0.25, -0.2) is 14.4 Å². The van der Waals surface area contributed by atoms with E-state index in [-0.39, 0.29) is 45.1 Å². The maximum Gasteiger partial charge on any atom is 0.311 e. The van der Waals surface area contributed by atoms with Gasteiger partial charge in [0.25, 0.3) is 0 Å². The summed E-state index contributed by atoms with van der Waals surface area (Å²) in [6.07, 6.45) is -0.221. The molecular weight excluding hydrogens is 348 g/mol. The minimum atomic E-state index is -0.745. The number of carbonyl (C=O) groups is 1. The predicted molar refractivity (Wildman–Crippen MR) is 84.1 cm³/mol. The van der Waals surface area contributed by atoms with Gasteiger partial charge in [-0.1, -0.05) is 23.2 Å². The molecule has 0 saturated carbocycles. The number of halogens is 3. The van der Waals surface area contributed by atoms with E-state index in [2.05, 4.69) is 14.7 Å². The number of nitrogen functional groups attached to an aromatic ring is 1. The van der Waals surface area contributed by atoms with Gasteiger partial charge in [0.15, 0.2) is 17.4 Å². The molecule has 1 heterocycles. The monoisotopic (exact) mass is 359 g/mol. The number of nitrogens with zero attached hydrogens (tertiary/aromatic N) is 2. The highest BCUT2D eigenvalue weighted by atomic mass is 35.5. The summed E-state index contributed by atoms with van der Waals surface area (Å²) in [5, 5.41) is 0.117. The minimum absolute atomic E-state index is 0.0143.